The Morgan fingerprint density at radius 3 is 2.35 bits per heavy atom. The van der Waals surface area contributed by atoms with Crippen LogP contribution in [0.25, 0.3) is 0 Å². The first-order valence-corrected chi connectivity index (χ1v) is 5.68. The van der Waals surface area contributed by atoms with Gasteiger partial charge in [0.05, 0.1) is 0 Å². The van der Waals surface area contributed by atoms with E-state index in [9.17, 15) is 4.79 Å². The molecular weight excluding hydrogens is 236 g/mol. The van der Waals surface area contributed by atoms with Crippen LogP contribution in [0.5, 0.6) is 0 Å². The zero-order chi connectivity index (χ0) is 12.0. The molecule has 1 rings (SSSR count). The van der Waals surface area contributed by atoms with Crippen molar-refractivity contribution in [3.05, 3.63) is 35.9 Å². The molecule has 0 aliphatic heterocycles. The van der Waals surface area contributed by atoms with Crippen LogP contribution in [-0.4, -0.2) is 23.9 Å². The van der Waals surface area contributed by atoms with Gasteiger partial charge < -0.3 is 10.6 Å². The summed E-state index contributed by atoms with van der Waals surface area (Å²) < 4.78 is 0. The second-order valence-corrected chi connectivity index (χ2v) is 4.19. The number of benzene rings is 1. The molecule has 0 aromatic heterocycles. The fraction of sp³-hybridized carbons (Fsp3) is 0.462. The lowest BCUT2D eigenvalue weighted by atomic mass is 10.1. The van der Waals surface area contributed by atoms with Crippen molar-refractivity contribution < 1.29 is 4.79 Å². The molecule has 17 heavy (non-hydrogen) atoms. The maximum atomic E-state index is 11.9. The number of amides is 1. The monoisotopic (exact) mass is 256 g/mol. The van der Waals surface area contributed by atoms with E-state index >= 15 is 0 Å². The molecule has 0 radical (unpaired) electrons. The standard InChI is InChI=1S/C13H20N2O.ClH/c1-11(2)13(16)15(9-8-14)10-12-6-4-3-5-7-12;/h3-7,11H,8-10,14H2,1-2H3;1H. The summed E-state index contributed by atoms with van der Waals surface area (Å²) in [5.41, 5.74) is 6.67. The van der Waals surface area contributed by atoms with Crippen molar-refractivity contribution >= 4 is 18.3 Å². The van der Waals surface area contributed by atoms with Crippen molar-refractivity contribution in [1.29, 1.82) is 0 Å². The summed E-state index contributed by atoms with van der Waals surface area (Å²) >= 11 is 0. The fourth-order valence-electron chi connectivity index (χ4n) is 1.59. The third kappa shape index (κ3) is 5.20. The van der Waals surface area contributed by atoms with E-state index in [1.165, 1.54) is 0 Å². The number of rotatable bonds is 5. The maximum Gasteiger partial charge on any atom is 0.225 e. The van der Waals surface area contributed by atoms with E-state index in [2.05, 4.69) is 0 Å². The molecule has 0 bridgehead atoms. The van der Waals surface area contributed by atoms with E-state index in [4.69, 9.17) is 5.73 Å². The normalized spacial score (nSPS) is 9.88. The Morgan fingerprint density at radius 2 is 1.88 bits per heavy atom. The minimum absolute atomic E-state index is 0. The Hall–Kier alpha value is -1.06. The molecule has 0 heterocycles. The molecule has 3 nitrogen and oxygen atoms in total. The highest BCUT2D eigenvalue weighted by molar-refractivity contribution is 5.85. The highest BCUT2D eigenvalue weighted by atomic mass is 35.5. The summed E-state index contributed by atoms with van der Waals surface area (Å²) in [5, 5.41) is 0. The SMILES string of the molecule is CC(C)C(=O)N(CCN)Cc1ccccc1.Cl. The van der Waals surface area contributed by atoms with Gasteiger partial charge in [0.1, 0.15) is 0 Å². The largest absolute Gasteiger partial charge is 0.337 e. The number of hydrogen-bond donors (Lipinski definition) is 1. The van der Waals surface area contributed by atoms with E-state index in [1.807, 2.05) is 49.1 Å². The number of carbonyl (C=O) groups excluding carboxylic acids is 1. The van der Waals surface area contributed by atoms with Crippen molar-refractivity contribution in [2.24, 2.45) is 11.7 Å². The smallest absolute Gasteiger partial charge is 0.225 e. The summed E-state index contributed by atoms with van der Waals surface area (Å²) in [5.74, 6) is 0.185. The first-order valence-electron chi connectivity index (χ1n) is 5.68. The number of halogens is 1. The second-order valence-electron chi connectivity index (χ2n) is 4.19. The van der Waals surface area contributed by atoms with Crippen molar-refractivity contribution in [1.82, 2.24) is 4.90 Å². The zero-order valence-electron chi connectivity index (χ0n) is 10.4. The van der Waals surface area contributed by atoms with Gasteiger partial charge in [-0.3, -0.25) is 4.79 Å². The van der Waals surface area contributed by atoms with Crippen molar-refractivity contribution in [3.63, 3.8) is 0 Å². The Balaban J connectivity index is 0.00000256. The van der Waals surface area contributed by atoms with Gasteiger partial charge >= 0.3 is 0 Å². The molecule has 0 saturated carbocycles. The molecule has 0 aliphatic carbocycles. The van der Waals surface area contributed by atoms with E-state index in [-0.39, 0.29) is 24.2 Å². The molecule has 4 heteroatoms. The van der Waals surface area contributed by atoms with Crippen LogP contribution in [-0.2, 0) is 11.3 Å². The summed E-state index contributed by atoms with van der Waals surface area (Å²) in [6.07, 6.45) is 0. The molecular formula is C13H21ClN2O. The molecule has 0 saturated heterocycles. The zero-order valence-corrected chi connectivity index (χ0v) is 11.2. The van der Waals surface area contributed by atoms with Crippen LogP contribution in [0.2, 0.25) is 0 Å². The van der Waals surface area contributed by atoms with Gasteiger partial charge in [0.15, 0.2) is 0 Å². The van der Waals surface area contributed by atoms with Gasteiger partial charge in [-0.05, 0) is 5.56 Å². The first-order chi connectivity index (χ1) is 7.65. The summed E-state index contributed by atoms with van der Waals surface area (Å²) in [4.78, 5) is 13.7. The average molecular weight is 257 g/mol. The van der Waals surface area contributed by atoms with Crippen LogP contribution in [0.4, 0.5) is 0 Å². The molecule has 0 atom stereocenters. The van der Waals surface area contributed by atoms with Gasteiger partial charge in [-0.2, -0.15) is 0 Å². The fourth-order valence-corrected chi connectivity index (χ4v) is 1.59. The number of nitrogens with two attached hydrogens (primary N) is 1. The summed E-state index contributed by atoms with van der Waals surface area (Å²) in [6.45, 7) is 5.60. The van der Waals surface area contributed by atoms with Gasteiger partial charge in [-0.15, -0.1) is 12.4 Å². The lowest BCUT2D eigenvalue weighted by Crippen LogP contribution is -2.37. The Labute approximate surface area is 109 Å². The van der Waals surface area contributed by atoms with Crippen molar-refractivity contribution in [2.75, 3.05) is 13.1 Å². The van der Waals surface area contributed by atoms with Gasteiger partial charge in [0.25, 0.3) is 0 Å². The molecule has 1 aromatic carbocycles. The van der Waals surface area contributed by atoms with Gasteiger partial charge in [-0.25, -0.2) is 0 Å². The van der Waals surface area contributed by atoms with E-state index < -0.39 is 0 Å². The number of nitrogens with zero attached hydrogens (tertiary/aromatic N) is 1. The molecule has 2 N–H and O–H groups in total. The number of hydrogen-bond acceptors (Lipinski definition) is 2. The van der Waals surface area contributed by atoms with Gasteiger partial charge in [-0.1, -0.05) is 44.2 Å². The third-order valence-corrected chi connectivity index (χ3v) is 2.42. The molecule has 96 valence electrons. The lowest BCUT2D eigenvalue weighted by Gasteiger charge is -2.24. The Kier molecular flexibility index (Phi) is 7.59. The third-order valence-electron chi connectivity index (χ3n) is 2.42. The van der Waals surface area contributed by atoms with Crippen molar-refractivity contribution in [2.45, 2.75) is 20.4 Å². The van der Waals surface area contributed by atoms with Crippen LogP contribution in [0.15, 0.2) is 30.3 Å². The van der Waals surface area contributed by atoms with Crippen LogP contribution >= 0.6 is 12.4 Å². The van der Waals surface area contributed by atoms with E-state index in [0.717, 1.165) is 5.56 Å². The predicted octanol–water partition coefficient (Wildman–Crippen LogP) is 2.05. The number of carbonyl (C=O) groups is 1. The lowest BCUT2D eigenvalue weighted by molar-refractivity contribution is -0.134. The first kappa shape index (κ1) is 15.9. The average Bonchev–Trinajstić information content (AvgIpc) is 2.29. The van der Waals surface area contributed by atoms with Crippen LogP contribution in [0.1, 0.15) is 19.4 Å². The quantitative estimate of drug-likeness (QED) is 0.877. The minimum atomic E-state index is 0. The summed E-state index contributed by atoms with van der Waals surface area (Å²) in [7, 11) is 0. The molecule has 0 unspecified atom stereocenters. The molecule has 0 aliphatic rings. The molecule has 1 amide bonds. The summed E-state index contributed by atoms with van der Waals surface area (Å²) in [6, 6.07) is 9.99. The van der Waals surface area contributed by atoms with Crippen LogP contribution < -0.4 is 5.73 Å². The highest BCUT2D eigenvalue weighted by Gasteiger charge is 2.16. The Bertz CT molecular complexity index is 327. The van der Waals surface area contributed by atoms with Gasteiger partial charge in [0, 0.05) is 25.6 Å². The Morgan fingerprint density at radius 1 is 1.29 bits per heavy atom. The maximum absolute atomic E-state index is 11.9. The molecule has 0 spiro atoms. The van der Waals surface area contributed by atoms with E-state index in [0.29, 0.717) is 19.6 Å². The highest BCUT2D eigenvalue weighted by Crippen LogP contribution is 2.08. The second kappa shape index (κ2) is 8.09. The molecule has 1 aromatic rings. The van der Waals surface area contributed by atoms with Crippen LogP contribution in [0.3, 0.4) is 0 Å². The predicted molar refractivity (Wildman–Crippen MR) is 73.0 cm³/mol. The van der Waals surface area contributed by atoms with Crippen LogP contribution in [0, 0.1) is 5.92 Å². The topological polar surface area (TPSA) is 46.3 Å². The minimum Gasteiger partial charge on any atom is -0.337 e. The van der Waals surface area contributed by atoms with Gasteiger partial charge in [0.2, 0.25) is 5.91 Å². The van der Waals surface area contributed by atoms with Crippen molar-refractivity contribution in [3.8, 4) is 0 Å². The van der Waals surface area contributed by atoms with E-state index in [1.54, 1.807) is 0 Å². The molecule has 0 fully saturated rings.